The molecule has 2 aromatic rings. The summed E-state index contributed by atoms with van der Waals surface area (Å²) in [4.78, 5) is 13.7. The number of rotatable bonds is 5. The van der Waals surface area contributed by atoms with E-state index in [9.17, 15) is 4.79 Å². The Labute approximate surface area is 180 Å². The van der Waals surface area contributed by atoms with Crippen LogP contribution < -0.4 is 10.9 Å². The molecule has 4 heterocycles. The summed E-state index contributed by atoms with van der Waals surface area (Å²) < 4.78 is 24.4. The zero-order valence-electron chi connectivity index (χ0n) is 19.5. The van der Waals surface area contributed by atoms with Gasteiger partial charge in [0.2, 0.25) is 5.56 Å². The van der Waals surface area contributed by atoms with Crippen molar-refractivity contribution in [1.82, 2.24) is 19.7 Å². The van der Waals surface area contributed by atoms with E-state index < -0.39 is 6.50 Å². The Kier molecular flexibility index (Phi) is 4.92. The van der Waals surface area contributed by atoms with Crippen molar-refractivity contribution in [3.63, 3.8) is 0 Å². The highest BCUT2D eigenvalue weighted by molar-refractivity contribution is 5.58. The molecule has 7 heteroatoms. The lowest BCUT2D eigenvalue weighted by atomic mass is 10.00. The number of ether oxygens (including phenoxy) is 1. The van der Waals surface area contributed by atoms with Crippen LogP contribution in [0, 0.1) is 17.8 Å². The standard InChI is InChI=1S/C23H31N5O2/c1-27-13-17(2-5-23(27)29)21-3-4-22(26-25-21)24-20-10-18-14-28(15-19(18)11-20)12-16-6-8-30-9-7-16/h2-5,13,16,18-20H,6-12,14-15H2,1H3,(H,24,26)/t18-,19+,20?/i12D2. The topological polar surface area (TPSA) is 72.3 Å². The SMILES string of the molecule is [2H]C([2H])(C1CCOCC1)N1C[C@H]2CC(Nc3ccc(-c4ccc(=O)n(C)c4)nn3)C[C@H]2C1. The second-order valence-corrected chi connectivity index (χ2v) is 8.92. The van der Waals surface area contributed by atoms with Gasteiger partial charge in [-0.3, -0.25) is 4.79 Å². The first kappa shape index (κ1) is 17.4. The number of anilines is 1. The van der Waals surface area contributed by atoms with Crippen molar-refractivity contribution in [2.45, 2.75) is 31.7 Å². The molecule has 1 aliphatic carbocycles. The summed E-state index contributed by atoms with van der Waals surface area (Å²) in [5.74, 6) is 1.89. The number of hydrogen-bond acceptors (Lipinski definition) is 6. The fraction of sp³-hybridized carbons (Fsp3) is 0.609. The third-order valence-electron chi connectivity index (χ3n) is 6.74. The molecule has 2 aromatic heterocycles. The van der Waals surface area contributed by atoms with E-state index in [1.54, 1.807) is 19.3 Å². The van der Waals surface area contributed by atoms with Crippen molar-refractivity contribution >= 4 is 5.82 Å². The Balaban J connectivity index is 1.17. The summed E-state index contributed by atoms with van der Waals surface area (Å²) in [5, 5.41) is 12.2. The van der Waals surface area contributed by atoms with Crippen molar-refractivity contribution in [1.29, 1.82) is 0 Å². The van der Waals surface area contributed by atoms with E-state index in [1.807, 2.05) is 12.1 Å². The molecule has 1 saturated carbocycles. The average Bonchev–Trinajstić information content (AvgIpc) is 3.36. The largest absolute Gasteiger partial charge is 0.381 e. The first-order valence-corrected chi connectivity index (χ1v) is 11.0. The van der Waals surface area contributed by atoms with Gasteiger partial charge in [0.25, 0.3) is 0 Å². The molecule has 0 amide bonds. The van der Waals surface area contributed by atoms with E-state index >= 15 is 0 Å². The third kappa shape index (κ3) is 4.27. The molecule has 30 heavy (non-hydrogen) atoms. The second-order valence-electron chi connectivity index (χ2n) is 8.92. The Hall–Kier alpha value is -2.25. The summed E-state index contributed by atoms with van der Waals surface area (Å²) in [7, 11) is 1.72. The first-order chi connectivity index (χ1) is 15.4. The second kappa shape index (κ2) is 8.47. The summed E-state index contributed by atoms with van der Waals surface area (Å²) in [6, 6.07) is 7.52. The fourth-order valence-electron chi connectivity index (χ4n) is 5.13. The van der Waals surface area contributed by atoms with Gasteiger partial charge in [0, 0.05) is 66.5 Å². The van der Waals surface area contributed by atoms with Crippen molar-refractivity contribution in [2.24, 2.45) is 24.8 Å². The minimum Gasteiger partial charge on any atom is -0.381 e. The number of nitrogens with zero attached hydrogens (tertiary/aromatic N) is 4. The van der Waals surface area contributed by atoms with Crippen LogP contribution in [0.4, 0.5) is 5.82 Å². The first-order valence-electron chi connectivity index (χ1n) is 12.0. The molecule has 2 aliphatic heterocycles. The smallest absolute Gasteiger partial charge is 0.250 e. The molecule has 0 spiro atoms. The maximum Gasteiger partial charge on any atom is 0.250 e. The van der Waals surface area contributed by atoms with Gasteiger partial charge in [0.15, 0.2) is 0 Å². The van der Waals surface area contributed by atoms with Gasteiger partial charge in [0.05, 0.1) is 5.69 Å². The predicted molar refractivity (Wildman–Crippen MR) is 116 cm³/mol. The summed E-state index contributed by atoms with van der Waals surface area (Å²) in [5.41, 5.74) is 1.55. The summed E-state index contributed by atoms with van der Waals surface area (Å²) >= 11 is 0. The van der Waals surface area contributed by atoms with Crippen LogP contribution in [0.15, 0.2) is 35.3 Å². The molecular formula is C23H31N5O2. The van der Waals surface area contributed by atoms with Crippen LogP contribution in [0.3, 0.4) is 0 Å². The lowest BCUT2D eigenvalue weighted by Crippen LogP contribution is -2.32. The number of hydrogen-bond donors (Lipinski definition) is 1. The molecule has 3 aliphatic rings. The van der Waals surface area contributed by atoms with Crippen LogP contribution in [0.25, 0.3) is 11.3 Å². The molecule has 1 N–H and O–H groups in total. The van der Waals surface area contributed by atoms with E-state index in [0.717, 1.165) is 55.8 Å². The number of nitrogens with one attached hydrogen (secondary N) is 1. The summed E-state index contributed by atoms with van der Waals surface area (Å²) in [6.45, 7) is 1.80. The quantitative estimate of drug-likeness (QED) is 0.815. The van der Waals surface area contributed by atoms with Crippen LogP contribution in [0.2, 0.25) is 0 Å². The van der Waals surface area contributed by atoms with Gasteiger partial charge in [-0.2, -0.15) is 0 Å². The molecular weight excluding hydrogens is 378 g/mol. The fourth-order valence-corrected chi connectivity index (χ4v) is 5.13. The lowest BCUT2D eigenvalue weighted by Gasteiger charge is -2.27. The van der Waals surface area contributed by atoms with E-state index in [2.05, 4.69) is 20.4 Å². The van der Waals surface area contributed by atoms with Crippen molar-refractivity contribution in [3.05, 3.63) is 40.8 Å². The van der Waals surface area contributed by atoms with E-state index in [4.69, 9.17) is 7.48 Å². The lowest BCUT2D eigenvalue weighted by molar-refractivity contribution is 0.0545. The highest BCUT2D eigenvalue weighted by Gasteiger charge is 2.41. The Bertz CT molecular complexity index is 992. The Morgan fingerprint density at radius 1 is 1.13 bits per heavy atom. The highest BCUT2D eigenvalue weighted by Crippen LogP contribution is 2.39. The van der Waals surface area contributed by atoms with Crippen LogP contribution >= 0.6 is 0 Å². The van der Waals surface area contributed by atoms with E-state index in [0.29, 0.717) is 31.1 Å². The molecule has 5 rings (SSSR count). The highest BCUT2D eigenvalue weighted by atomic mass is 16.5. The molecule has 1 unspecified atom stereocenters. The number of pyridine rings is 1. The van der Waals surface area contributed by atoms with Crippen LogP contribution in [0.1, 0.15) is 28.4 Å². The molecule has 160 valence electrons. The number of aryl methyl sites for hydroxylation is 1. The number of fused-ring (bicyclic) bond motifs is 1. The monoisotopic (exact) mass is 411 g/mol. The van der Waals surface area contributed by atoms with Gasteiger partial charge >= 0.3 is 0 Å². The van der Waals surface area contributed by atoms with Crippen LogP contribution in [-0.2, 0) is 11.8 Å². The van der Waals surface area contributed by atoms with Gasteiger partial charge < -0.3 is 19.5 Å². The van der Waals surface area contributed by atoms with Crippen molar-refractivity contribution in [3.8, 4) is 11.3 Å². The minimum atomic E-state index is -1.24. The van der Waals surface area contributed by atoms with Crippen LogP contribution in [-0.4, -0.2) is 58.5 Å². The zero-order chi connectivity index (χ0) is 22.3. The van der Waals surface area contributed by atoms with Gasteiger partial charge in [-0.05, 0) is 61.6 Å². The summed E-state index contributed by atoms with van der Waals surface area (Å²) in [6.07, 6.45) is 5.47. The Morgan fingerprint density at radius 2 is 1.90 bits per heavy atom. The van der Waals surface area contributed by atoms with Gasteiger partial charge in [-0.15, -0.1) is 10.2 Å². The molecule has 0 bridgehead atoms. The average molecular weight is 412 g/mol. The third-order valence-corrected chi connectivity index (χ3v) is 6.74. The molecule has 3 atom stereocenters. The molecule has 3 fully saturated rings. The van der Waals surface area contributed by atoms with E-state index in [-0.39, 0.29) is 11.5 Å². The maximum absolute atomic E-state index is 11.6. The minimum absolute atomic E-state index is 0.0498. The number of aromatic nitrogens is 3. The van der Waals surface area contributed by atoms with Gasteiger partial charge in [0.1, 0.15) is 5.82 Å². The van der Waals surface area contributed by atoms with E-state index in [1.165, 1.54) is 10.6 Å². The van der Waals surface area contributed by atoms with Gasteiger partial charge in [-0.1, -0.05) is 0 Å². The zero-order valence-corrected chi connectivity index (χ0v) is 17.5. The molecule has 0 radical (unpaired) electrons. The normalized spacial score (nSPS) is 28.8. The molecule has 2 saturated heterocycles. The predicted octanol–water partition coefficient (Wildman–Crippen LogP) is 2.39. The number of likely N-dealkylation sites (tertiary alicyclic amines) is 1. The van der Waals surface area contributed by atoms with Crippen molar-refractivity contribution < 1.29 is 7.48 Å². The van der Waals surface area contributed by atoms with Gasteiger partial charge in [-0.25, -0.2) is 0 Å². The molecule has 7 nitrogen and oxygen atoms in total. The molecule has 0 aromatic carbocycles. The van der Waals surface area contributed by atoms with Crippen molar-refractivity contribution in [2.75, 3.05) is 38.1 Å². The van der Waals surface area contributed by atoms with Crippen LogP contribution in [0.5, 0.6) is 0 Å². The maximum atomic E-state index is 11.6. The Morgan fingerprint density at radius 3 is 2.57 bits per heavy atom.